The summed E-state index contributed by atoms with van der Waals surface area (Å²) in [5.41, 5.74) is 1.51. The monoisotopic (exact) mass is 391 g/mol. The van der Waals surface area contributed by atoms with Gasteiger partial charge in [-0.1, -0.05) is 13.3 Å². The number of carbonyl (C=O) groups is 1. The molecule has 0 radical (unpaired) electrons. The van der Waals surface area contributed by atoms with E-state index in [0.717, 1.165) is 31.1 Å². The standard InChI is InChI=1S/C18H21N3O5S/c1-3-4-7-20-11-5-6-14-15(8-11)26-16-10-12(27(24,25)19-2)9-13(18(22)23)17(16)21-14/h5-6,8-10,19-21H,3-4,7H2,1-2H3,(H,22,23). The van der Waals surface area contributed by atoms with Gasteiger partial charge in [0.05, 0.1) is 21.8 Å². The second-order valence-electron chi connectivity index (χ2n) is 6.08. The van der Waals surface area contributed by atoms with Crippen molar-refractivity contribution in [1.29, 1.82) is 0 Å². The first-order valence-electron chi connectivity index (χ1n) is 8.53. The lowest BCUT2D eigenvalue weighted by Gasteiger charge is -2.24. The minimum Gasteiger partial charge on any atom is -0.478 e. The van der Waals surface area contributed by atoms with Crippen LogP contribution in [0.4, 0.5) is 17.1 Å². The Morgan fingerprint density at radius 1 is 1.22 bits per heavy atom. The molecule has 0 saturated heterocycles. The molecule has 8 nitrogen and oxygen atoms in total. The third-order valence-electron chi connectivity index (χ3n) is 4.21. The van der Waals surface area contributed by atoms with Gasteiger partial charge in [-0.25, -0.2) is 17.9 Å². The lowest BCUT2D eigenvalue weighted by molar-refractivity contribution is 0.0697. The Morgan fingerprint density at radius 2 is 2.00 bits per heavy atom. The molecular weight excluding hydrogens is 370 g/mol. The second-order valence-corrected chi connectivity index (χ2v) is 7.96. The summed E-state index contributed by atoms with van der Waals surface area (Å²) in [5, 5.41) is 15.8. The number of hydrogen-bond acceptors (Lipinski definition) is 6. The number of anilines is 3. The number of nitrogens with one attached hydrogen (secondary N) is 3. The van der Waals surface area contributed by atoms with Crippen molar-refractivity contribution in [2.75, 3.05) is 24.2 Å². The van der Waals surface area contributed by atoms with Gasteiger partial charge in [0.25, 0.3) is 0 Å². The van der Waals surface area contributed by atoms with Gasteiger partial charge in [0.2, 0.25) is 10.0 Å². The lowest BCUT2D eigenvalue weighted by atomic mass is 10.1. The van der Waals surface area contributed by atoms with Gasteiger partial charge < -0.3 is 20.5 Å². The minimum absolute atomic E-state index is 0.141. The first-order valence-corrected chi connectivity index (χ1v) is 10.0. The number of aromatic carboxylic acids is 1. The molecule has 2 aromatic carbocycles. The van der Waals surface area contributed by atoms with E-state index in [9.17, 15) is 18.3 Å². The lowest BCUT2D eigenvalue weighted by Crippen LogP contribution is -2.20. The minimum atomic E-state index is -3.82. The highest BCUT2D eigenvalue weighted by molar-refractivity contribution is 7.89. The number of benzene rings is 2. The first-order chi connectivity index (χ1) is 12.9. The van der Waals surface area contributed by atoms with Crippen LogP contribution in [0.2, 0.25) is 0 Å². The summed E-state index contributed by atoms with van der Waals surface area (Å²) in [6.45, 7) is 2.93. The molecule has 0 spiro atoms. The van der Waals surface area contributed by atoms with Crippen LogP contribution in [-0.2, 0) is 10.0 Å². The van der Waals surface area contributed by atoms with Crippen LogP contribution < -0.4 is 20.1 Å². The molecule has 144 valence electrons. The Hall–Kier alpha value is -2.78. The van der Waals surface area contributed by atoms with E-state index in [1.165, 1.54) is 13.1 Å². The zero-order valence-electron chi connectivity index (χ0n) is 15.0. The van der Waals surface area contributed by atoms with Crippen molar-refractivity contribution in [3.8, 4) is 11.5 Å². The van der Waals surface area contributed by atoms with Gasteiger partial charge in [-0.3, -0.25) is 0 Å². The number of hydrogen-bond donors (Lipinski definition) is 4. The molecule has 4 N–H and O–H groups in total. The summed E-state index contributed by atoms with van der Waals surface area (Å²) in [4.78, 5) is 11.5. The fourth-order valence-corrected chi connectivity index (χ4v) is 3.49. The maximum Gasteiger partial charge on any atom is 0.338 e. The SMILES string of the molecule is CCCCNc1ccc2c(c1)Oc1cc(S(=O)(=O)NC)cc(C(=O)O)c1N2. The number of rotatable bonds is 7. The topological polar surface area (TPSA) is 117 Å². The van der Waals surface area contributed by atoms with Crippen molar-refractivity contribution in [3.05, 3.63) is 35.9 Å². The van der Waals surface area contributed by atoms with E-state index in [4.69, 9.17) is 4.74 Å². The molecule has 0 bridgehead atoms. The fourth-order valence-electron chi connectivity index (χ4n) is 2.72. The van der Waals surface area contributed by atoms with Crippen LogP contribution in [0.3, 0.4) is 0 Å². The van der Waals surface area contributed by atoms with Gasteiger partial charge >= 0.3 is 5.97 Å². The predicted octanol–water partition coefficient (Wildman–Crippen LogP) is 3.35. The fraction of sp³-hybridized carbons (Fsp3) is 0.278. The molecule has 0 saturated carbocycles. The van der Waals surface area contributed by atoms with Gasteiger partial charge in [0, 0.05) is 24.4 Å². The van der Waals surface area contributed by atoms with E-state index in [1.54, 1.807) is 12.1 Å². The normalized spacial score (nSPS) is 12.4. The van der Waals surface area contributed by atoms with Crippen LogP contribution in [0.15, 0.2) is 35.2 Å². The number of carboxylic acid groups (broad SMARTS) is 1. The Kier molecular flexibility index (Phi) is 5.24. The summed E-state index contributed by atoms with van der Waals surface area (Å²) in [6, 6.07) is 7.86. The summed E-state index contributed by atoms with van der Waals surface area (Å²) < 4.78 is 32.3. The Labute approximate surface area is 157 Å². The molecule has 0 atom stereocenters. The zero-order chi connectivity index (χ0) is 19.6. The molecule has 0 unspecified atom stereocenters. The molecule has 1 aliphatic heterocycles. The van der Waals surface area contributed by atoms with Crippen molar-refractivity contribution in [2.24, 2.45) is 0 Å². The highest BCUT2D eigenvalue weighted by Gasteiger charge is 2.26. The molecular formula is C18H21N3O5S. The molecule has 0 amide bonds. The van der Waals surface area contributed by atoms with Gasteiger partial charge in [-0.2, -0.15) is 0 Å². The number of fused-ring (bicyclic) bond motifs is 2. The van der Waals surface area contributed by atoms with Crippen LogP contribution in [-0.4, -0.2) is 33.1 Å². The van der Waals surface area contributed by atoms with Crippen molar-refractivity contribution in [3.63, 3.8) is 0 Å². The van der Waals surface area contributed by atoms with Crippen molar-refractivity contribution in [2.45, 2.75) is 24.7 Å². The van der Waals surface area contributed by atoms with E-state index in [0.29, 0.717) is 11.4 Å². The maximum atomic E-state index is 12.1. The Balaban J connectivity index is 2.01. The van der Waals surface area contributed by atoms with Gasteiger partial charge in [0.1, 0.15) is 0 Å². The molecule has 1 heterocycles. The third kappa shape index (κ3) is 3.83. The smallest absolute Gasteiger partial charge is 0.338 e. The molecule has 9 heteroatoms. The van der Waals surface area contributed by atoms with E-state index < -0.39 is 16.0 Å². The summed E-state index contributed by atoms with van der Waals surface area (Å²) in [5.74, 6) is -0.627. The molecule has 27 heavy (non-hydrogen) atoms. The summed E-state index contributed by atoms with van der Waals surface area (Å²) in [7, 11) is -2.56. The summed E-state index contributed by atoms with van der Waals surface area (Å²) in [6.07, 6.45) is 2.11. The van der Waals surface area contributed by atoms with Crippen LogP contribution in [0, 0.1) is 0 Å². The molecule has 0 fully saturated rings. The quantitative estimate of drug-likeness (QED) is 0.456. The Bertz CT molecular complexity index is 989. The molecule has 3 rings (SSSR count). The number of unbranched alkanes of at least 4 members (excludes halogenated alkanes) is 1. The third-order valence-corrected chi connectivity index (χ3v) is 5.60. The van der Waals surface area contributed by atoms with E-state index in [1.807, 2.05) is 6.07 Å². The van der Waals surface area contributed by atoms with Crippen LogP contribution in [0.25, 0.3) is 0 Å². The first kappa shape index (κ1) is 19.0. The molecule has 0 aromatic heterocycles. The average Bonchev–Trinajstić information content (AvgIpc) is 2.65. The van der Waals surface area contributed by atoms with E-state index in [-0.39, 0.29) is 21.9 Å². The zero-order valence-corrected chi connectivity index (χ0v) is 15.8. The van der Waals surface area contributed by atoms with Crippen molar-refractivity contribution < 1.29 is 23.1 Å². The number of carboxylic acids is 1. The largest absolute Gasteiger partial charge is 0.478 e. The highest BCUT2D eigenvalue weighted by atomic mass is 32.2. The van der Waals surface area contributed by atoms with Gasteiger partial charge in [0.15, 0.2) is 11.5 Å². The van der Waals surface area contributed by atoms with Crippen molar-refractivity contribution in [1.82, 2.24) is 4.72 Å². The maximum absolute atomic E-state index is 12.1. The van der Waals surface area contributed by atoms with Crippen LogP contribution >= 0.6 is 0 Å². The molecule has 0 aliphatic carbocycles. The van der Waals surface area contributed by atoms with Crippen molar-refractivity contribution >= 4 is 33.1 Å². The number of ether oxygens (including phenoxy) is 1. The molecule has 1 aliphatic rings. The van der Waals surface area contributed by atoms with Crippen LogP contribution in [0.1, 0.15) is 30.1 Å². The van der Waals surface area contributed by atoms with Gasteiger partial charge in [-0.05, 0) is 31.7 Å². The second kappa shape index (κ2) is 7.45. The Morgan fingerprint density at radius 3 is 2.67 bits per heavy atom. The van der Waals surface area contributed by atoms with E-state index >= 15 is 0 Å². The van der Waals surface area contributed by atoms with E-state index in [2.05, 4.69) is 22.3 Å². The van der Waals surface area contributed by atoms with Crippen LogP contribution in [0.5, 0.6) is 11.5 Å². The highest BCUT2D eigenvalue weighted by Crippen LogP contribution is 2.45. The summed E-state index contributed by atoms with van der Waals surface area (Å²) >= 11 is 0. The predicted molar refractivity (Wildman–Crippen MR) is 103 cm³/mol. The number of sulfonamides is 1. The average molecular weight is 391 g/mol. The molecule has 2 aromatic rings. The van der Waals surface area contributed by atoms with Gasteiger partial charge in [-0.15, -0.1) is 0 Å².